The lowest BCUT2D eigenvalue weighted by Crippen LogP contribution is -2.44. The van der Waals surface area contributed by atoms with Crippen LogP contribution in [0.25, 0.3) is 10.9 Å². The Balaban J connectivity index is 1.82. The van der Waals surface area contributed by atoms with Crippen LogP contribution < -0.4 is 0 Å². The molecule has 4 heterocycles. The zero-order valence-electron chi connectivity index (χ0n) is 12.0. The SMILES string of the molecule is Fc1ccc2c(c1)c1c3n2COC[C@H]2CCCN(CC1)[C@H]32. The zero-order valence-corrected chi connectivity index (χ0v) is 12.0. The summed E-state index contributed by atoms with van der Waals surface area (Å²) in [6.07, 6.45) is 3.55. The molecule has 0 N–H and O–H groups in total. The van der Waals surface area contributed by atoms with Gasteiger partial charge in [0.1, 0.15) is 12.5 Å². The molecule has 2 atom stereocenters. The molecule has 1 saturated heterocycles. The standard InChI is InChI=1S/C17H19FN2O/c18-12-3-4-15-14(8-12)13-5-7-19-6-1-2-11-9-21-10-20(15)17(13)16(11)19/h3-4,8,11,16H,1-2,5-7,9-10H2/t11-,16+/m1/s1. The molecular formula is C17H19FN2O. The predicted octanol–water partition coefficient (Wildman–Crippen LogP) is 3.08. The molecule has 5 rings (SSSR count). The van der Waals surface area contributed by atoms with Gasteiger partial charge in [-0.2, -0.15) is 0 Å². The molecule has 1 aromatic carbocycles. The van der Waals surface area contributed by atoms with Gasteiger partial charge in [0.25, 0.3) is 0 Å². The van der Waals surface area contributed by atoms with E-state index in [-0.39, 0.29) is 5.82 Å². The predicted molar refractivity (Wildman–Crippen MR) is 78.6 cm³/mol. The lowest BCUT2D eigenvalue weighted by atomic mass is 9.83. The Kier molecular flexibility index (Phi) is 2.50. The van der Waals surface area contributed by atoms with Crippen molar-refractivity contribution in [1.82, 2.24) is 9.47 Å². The number of hydrogen-bond acceptors (Lipinski definition) is 2. The Morgan fingerprint density at radius 1 is 1.24 bits per heavy atom. The molecule has 0 unspecified atom stereocenters. The first-order chi connectivity index (χ1) is 10.3. The maximum Gasteiger partial charge on any atom is 0.123 e. The van der Waals surface area contributed by atoms with E-state index in [1.165, 1.54) is 30.6 Å². The summed E-state index contributed by atoms with van der Waals surface area (Å²) in [6.45, 7) is 3.75. The van der Waals surface area contributed by atoms with Gasteiger partial charge >= 0.3 is 0 Å². The first kappa shape index (κ1) is 12.2. The Morgan fingerprint density at radius 3 is 3.14 bits per heavy atom. The first-order valence-electron chi connectivity index (χ1n) is 7.95. The van der Waals surface area contributed by atoms with Crippen LogP contribution in [-0.2, 0) is 17.9 Å². The van der Waals surface area contributed by atoms with Crippen molar-refractivity contribution in [2.75, 3.05) is 19.7 Å². The Bertz CT molecular complexity index is 719. The van der Waals surface area contributed by atoms with Crippen LogP contribution in [0, 0.1) is 11.7 Å². The number of halogens is 1. The van der Waals surface area contributed by atoms with Gasteiger partial charge in [-0.15, -0.1) is 0 Å². The normalized spacial score (nSPS) is 28.4. The van der Waals surface area contributed by atoms with Crippen molar-refractivity contribution in [3.05, 3.63) is 35.3 Å². The molecule has 21 heavy (non-hydrogen) atoms. The number of benzene rings is 1. The van der Waals surface area contributed by atoms with Gasteiger partial charge in [-0.1, -0.05) is 0 Å². The molecule has 0 radical (unpaired) electrons. The first-order valence-corrected chi connectivity index (χ1v) is 7.95. The Labute approximate surface area is 123 Å². The lowest BCUT2D eigenvalue weighted by molar-refractivity contribution is 0.0167. The molecule has 2 aromatic rings. The Morgan fingerprint density at radius 2 is 2.19 bits per heavy atom. The second-order valence-corrected chi connectivity index (χ2v) is 6.59. The molecule has 3 nitrogen and oxygen atoms in total. The lowest BCUT2D eigenvalue weighted by Gasteiger charge is -2.43. The van der Waals surface area contributed by atoms with Crippen molar-refractivity contribution < 1.29 is 9.13 Å². The molecule has 110 valence electrons. The van der Waals surface area contributed by atoms with E-state index in [1.54, 1.807) is 12.1 Å². The van der Waals surface area contributed by atoms with Gasteiger partial charge in [-0.25, -0.2) is 4.39 Å². The number of nitrogens with zero attached hydrogens (tertiary/aromatic N) is 2. The summed E-state index contributed by atoms with van der Waals surface area (Å²) >= 11 is 0. The fourth-order valence-corrected chi connectivity index (χ4v) is 4.68. The average molecular weight is 286 g/mol. The monoisotopic (exact) mass is 286 g/mol. The average Bonchev–Trinajstić information content (AvgIpc) is 2.67. The summed E-state index contributed by atoms with van der Waals surface area (Å²) < 4.78 is 22.0. The van der Waals surface area contributed by atoms with Crippen molar-refractivity contribution in [1.29, 1.82) is 0 Å². The third kappa shape index (κ3) is 1.60. The third-order valence-corrected chi connectivity index (χ3v) is 5.52. The molecule has 4 heteroatoms. The number of piperidine rings is 1. The van der Waals surface area contributed by atoms with Crippen LogP contribution >= 0.6 is 0 Å². The van der Waals surface area contributed by atoms with Crippen molar-refractivity contribution in [2.45, 2.75) is 32.0 Å². The van der Waals surface area contributed by atoms with Gasteiger partial charge < -0.3 is 9.30 Å². The van der Waals surface area contributed by atoms with Crippen LogP contribution in [0.3, 0.4) is 0 Å². The van der Waals surface area contributed by atoms with Crippen LogP contribution in [0.5, 0.6) is 0 Å². The number of aromatic nitrogens is 1. The summed E-state index contributed by atoms with van der Waals surface area (Å²) in [5.74, 6) is 0.455. The molecule has 1 fully saturated rings. The third-order valence-electron chi connectivity index (χ3n) is 5.52. The highest BCUT2D eigenvalue weighted by Crippen LogP contribution is 2.45. The Hall–Kier alpha value is -1.39. The number of ether oxygens (including phenoxy) is 1. The summed E-state index contributed by atoms with van der Waals surface area (Å²) in [7, 11) is 0. The van der Waals surface area contributed by atoms with E-state index in [2.05, 4.69) is 9.47 Å². The highest BCUT2D eigenvalue weighted by atomic mass is 19.1. The van der Waals surface area contributed by atoms with E-state index in [0.717, 1.165) is 30.5 Å². The zero-order chi connectivity index (χ0) is 14.0. The van der Waals surface area contributed by atoms with Crippen LogP contribution in [0.15, 0.2) is 18.2 Å². The largest absolute Gasteiger partial charge is 0.360 e. The number of fused-ring (bicyclic) bond motifs is 3. The van der Waals surface area contributed by atoms with Gasteiger partial charge in [-0.3, -0.25) is 4.90 Å². The number of hydrogen-bond donors (Lipinski definition) is 0. The minimum absolute atomic E-state index is 0.136. The van der Waals surface area contributed by atoms with Gasteiger partial charge in [0.05, 0.1) is 18.2 Å². The topological polar surface area (TPSA) is 17.4 Å². The fourth-order valence-electron chi connectivity index (χ4n) is 4.68. The van der Waals surface area contributed by atoms with E-state index in [4.69, 9.17) is 4.74 Å². The molecule has 0 bridgehead atoms. The summed E-state index contributed by atoms with van der Waals surface area (Å²) in [5.41, 5.74) is 3.90. The second kappa shape index (κ2) is 4.31. The van der Waals surface area contributed by atoms with E-state index in [1.807, 2.05) is 6.07 Å². The van der Waals surface area contributed by atoms with Gasteiger partial charge in [0.2, 0.25) is 0 Å². The van der Waals surface area contributed by atoms with Gasteiger partial charge in [0.15, 0.2) is 0 Å². The van der Waals surface area contributed by atoms with Crippen LogP contribution in [0.4, 0.5) is 4.39 Å². The smallest absolute Gasteiger partial charge is 0.123 e. The number of rotatable bonds is 0. The summed E-state index contributed by atoms with van der Waals surface area (Å²) in [5, 5.41) is 1.10. The molecule has 0 amide bonds. The second-order valence-electron chi connectivity index (χ2n) is 6.59. The van der Waals surface area contributed by atoms with Gasteiger partial charge in [0, 0.05) is 23.5 Å². The molecular weight excluding hydrogens is 267 g/mol. The quantitative estimate of drug-likeness (QED) is 0.740. The van der Waals surface area contributed by atoms with Crippen molar-refractivity contribution in [2.24, 2.45) is 5.92 Å². The van der Waals surface area contributed by atoms with E-state index in [0.29, 0.717) is 18.7 Å². The molecule has 3 aliphatic heterocycles. The highest BCUT2D eigenvalue weighted by molar-refractivity contribution is 5.86. The van der Waals surface area contributed by atoms with Crippen molar-refractivity contribution in [3.63, 3.8) is 0 Å². The van der Waals surface area contributed by atoms with Crippen molar-refractivity contribution in [3.8, 4) is 0 Å². The minimum Gasteiger partial charge on any atom is -0.360 e. The van der Waals surface area contributed by atoms with E-state index >= 15 is 0 Å². The minimum atomic E-state index is -0.136. The van der Waals surface area contributed by atoms with E-state index < -0.39 is 0 Å². The molecule has 0 aliphatic carbocycles. The van der Waals surface area contributed by atoms with Crippen molar-refractivity contribution >= 4 is 10.9 Å². The van der Waals surface area contributed by atoms with Gasteiger partial charge in [-0.05, 0) is 49.6 Å². The molecule has 3 aliphatic rings. The molecule has 0 spiro atoms. The highest BCUT2D eigenvalue weighted by Gasteiger charge is 2.41. The summed E-state index contributed by atoms with van der Waals surface area (Å²) in [6, 6.07) is 5.67. The maximum absolute atomic E-state index is 13.7. The van der Waals surface area contributed by atoms with E-state index in [9.17, 15) is 4.39 Å². The van der Waals surface area contributed by atoms with Crippen LogP contribution in [-0.4, -0.2) is 29.2 Å². The maximum atomic E-state index is 13.7. The summed E-state index contributed by atoms with van der Waals surface area (Å²) in [4.78, 5) is 2.62. The molecule has 1 aromatic heterocycles. The van der Waals surface area contributed by atoms with Crippen LogP contribution in [0.2, 0.25) is 0 Å². The molecule has 0 saturated carbocycles. The fraction of sp³-hybridized carbons (Fsp3) is 0.529. The van der Waals surface area contributed by atoms with Crippen LogP contribution in [0.1, 0.15) is 30.1 Å².